The molecule has 1 aromatic heterocycles. The Balaban J connectivity index is 2.04. The number of β-lactam (4-membered cyclic amide) rings is 1. The van der Waals surface area contributed by atoms with Gasteiger partial charge in [-0.1, -0.05) is 6.08 Å². The van der Waals surface area contributed by atoms with Gasteiger partial charge >= 0.3 is 5.97 Å². The lowest BCUT2D eigenvalue weighted by molar-refractivity contribution is -0.154. The van der Waals surface area contributed by atoms with E-state index in [-0.39, 0.29) is 18.5 Å². The number of amides is 1. The van der Waals surface area contributed by atoms with Crippen LogP contribution in [0.3, 0.4) is 0 Å². The van der Waals surface area contributed by atoms with Crippen LogP contribution in [-0.2, 0) is 9.59 Å². The Morgan fingerprint density at radius 1 is 1.65 bits per heavy atom. The van der Waals surface area contributed by atoms with E-state index in [1.807, 2.05) is 0 Å². The quantitative estimate of drug-likeness (QED) is 0.712. The lowest BCUT2D eigenvalue weighted by atomic mass is 9.95. The third-order valence-corrected chi connectivity index (χ3v) is 2.60. The summed E-state index contributed by atoms with van der Waals surface area (Å²) in [5.41, 5.74) is 5.61. The first kappa shape index (κ1) is 11.4. The topological polar surface area (TPSA) is 96.8 Å². The van der Waals surface area contributed by atoms with Crippen LogP contribution < -0.4 is 5.73 Å². The minimum Gasteiger partial charge on any atom is -0.480 e. The van der Waals surface area contributed by atoms with Gasteiger partial charge in [0.05, 0.1) is 12.3 Å². The number of hydrogen-bond acceptors (Lipinski definition) is 4. The van der Waals surface area contributed by atoms with E-state index in [2.05, 4.69) is 0 Å². The number of rotatable bonds is 4. The SMILES string of the molecule is N[C@H]1C(=O)N(CC(=O)O)C1/C=C/c1ccco1. The number of carbonyl (C=O) groups excluding carboxylic acids is 1. The summed E-state index contributed by atoms with van der Waals surface area (Å²) in [5.74, 6) is -0.769. The van der Waals surface area contributed by atoms with Gasteiger partial charge in [-0.15, -0.1) is 0 Å². The highest BCUT2D eigenvalue weighted by Crippen LogP contribution is 2.20. The zero-order valence-electron chi connectivity index (χ0n) is 8.95. The first-order chi connectivity index (χ1) is 8.09. The molecule has 0 bridgehead atoms. The highest BCUT2D eigenvalue weighted by molar-refractivity contribution is 5.92. The largest absolute Gasteiger partial charge is 0.480 e. The Hall–Kier alpha value is -2.08. The normalized spacial score (nSPS) is 24.1. The summed E-state index contributed by atoms with van der Waals surface area (Å²) in [6, 6.07) is 2.44. The zero-order chi connectivity index (χ0) is 12.4. The van der Waals surface area contributed by atoms with Crippen LogP contribution in [0.4, 0.5) is 0 Å². The monoisotopic (exact) mass is 236 g/mol. The summed E-state index contributed by atoms with van der Waals surface area (Å²) in [6.07, 6.45) is 4.88. The molecule has 3 N–H and O–H groups in total. The molecule has 0 saturated carbocycles. The molecule has 0 spiro atoms. The highest BCUT2D eigenvalue weighted by Gasteiger charge is 2.43. The first-order valence-electron chi connectivity index (χ1n) is 5.09. The number of nitrogens with zero attached hydrogens (tertiary/aromatic N) is 1. The molecule has 2 rings (SSSR count). The molecule has 1 aliphatic rings. The molecular formula is C11H12N2O4. The van der Waals surface area contributed by atoms with E-state index in [1.54, 1.807) is 24.3 Å². The van der Waals surface area contributed by atoms with Gasteiger partial charge in [0, 0.05) is 0 Å². The number of carboxylic acid groups (broad SMARTS) is 1. The maximum Gasteiger partial charge on any atom is 0.323 e. The van der Waals surface area contributed by atoms with Crippen molar-refractivity contribution in [2.24, 2.45) is 5.73 Å². The third-order valence-electron chi connectivity index (χ3n) is 2.60. The molecule has 0 aromatic carbocycles. The number of likely N-dealkylation sites (tertiary alicyclic amines) is 1. The van der Waals surface area contributed by atoms with Gasteiger partial charge in [-0.2, -0.15) is 0 Å². The van der Waals surface area contributed by atoms with Gasteiger partial charge in [0.1, 0.15) is 18.3 Å². The van der Waals surface area contributed by atoms with Crippen molar-refractivity contribution in [1.82, 2.24) is 4.90 Å². The number of carboxylic acids is 1. The number of furan rings is 1. The Bertz CT molecular complexity index is 452. The number of hydrogen-bond donors (Lipinski definition) is 2. The van der Waals surface area contributed by atoms with Gasteiger partial charge in [0.2, 0.25) is 5.91 Å². The van der Waals surface area contributed by atoms with E-state index in [0.29, 0.717) is 5.76 Å². The molecule has 1 unspecified atom stereocenters. The summed E-state index contributed by atoms with van der Waals surface area (Å²) in [5, 5.41) is 8.65. The van der Waals surface area contributed by atoms with E-state index in [0.717, 1.165) is 0 Å². The molecule has 1 fully saturated rings. The second-order valence-corrected chi connectivity index (χ2v) is 3.75. The summed E-state index contributed by atoms with van der Waals surface area (Å²) in [4.78, 5) is 23.1. The Morgan fingerprint density at radius 2 is 2.41 bits per heavy atom. The Kier molecular flexibility index (Phi) is 2.97. The predicted molar refractivity (Wildman–Crippen MR) is 58.9 cm³/mol. The van der Waals surface area contributed by atoms with Crippen LogP contribution in [0.5, 0.6) is 0 Å². The maximum absolute atomic E-state index is 11.3. The summed E-state index contributed by atoms with van der Waals surface area (Å²) in [6.45, 7) is -0.334. The molecule has 2 atom stereocenters. The smallest absolute Gasteiger partial charge is 0.323 e. The van der Waals surface area contributed by atoms with Crippen molar-refractivity contribution in [3.63, 3.8) is 0 Å². The molecule has 0 radical (unpaired) electrons. The lowest BCUT2D eigenvalue weighted by Crippen LogP contribution is -2.68. The van der Waals surface area contributed by atoms with Crippen molar-refractivity contribution in [3.8, 4) is 0 Å². The Morgan fingerprint density at radius 3 is 3.00 bits per heavy atom. The van der Waals surface area contributed by atoms with E-state index >= 15 is 0 Å². The van der Waals surface area contributed by atoms with Crippen LogP contribution in [0.25, 0.3) is 6.08 Å². The van der Waals surface area contributed by atoms with Crippen molar-refractivity contribution in [3.05, 3.63) is 30.2 Å². The van der Waals surface area contributed by atoms with Gasteiger partial charge in [-0.25, -0.2) is 0 Å². The van der Waals surface area contributed by atoms with Crippen LogP contribution in [0.2, 0.25) is 0 Å². The van der Waals surface area contributed by atoms with Crippen LogP contribution in [0.15, 0.2) is 28.9 Å². The molecular weight excluding hydrogens is 224 g/mol. The first-order valence-corrected chi connectivity index (χ1v) is 5.09. The third kappa shape index (κ3) is 2.21. The van der Waals surface area contributed by atoms with E-state index in [9.17, 15) is 9.59 Å². The van der Waals surface area contributed by atoms with Crippen molar-refractivity contribution >= 4 is 18.0 Å². The van der Waals surface area contributed by atoms with Gasteiger partial charge < -0.3 is 20.2 Å². The molecule has 6 nitrogen and oxygen atoms in total. The van der Waals surface area contributed by atoms with Crippen molar-refractivity contribution in [2.75, 3.05) is 6.54 Å². The average molecular weight is 236 g/mol. The summed E-state index contributed by atoms with van der Waals surface area (Å²) in [7, 11) is 0. The second-order valence-electron chi connectivity index (χ2n) is 3.75. The minimum absolute atomic E-state index is 0.334. The molecule has 90 valence electrons. The fourth-order valence-corrected chi connectivity index (χ4v) is 1.73. The molecule has 1 aromatic rings. The van der Waals surface area contributed by atoms with Crippen molar-refractivity contribution in [1.29, 1.82) is 0 Å². The van der Waals surface area contributed by atoms with Gasteiger partial charge in [-0.3, -0.25) is 9.59 Å². The highest BCUT2D eigenvalue weighted by atomic mass is 16.4. The van der Waals surface area contributed by atoms with Crippen molar-refractivity contribution < 1.29 is 19.1 Å². The van der Waals surface area contributed by atoms with Crippen LogP contribution in [0.1, 0.15) is 5.76 Å². The zero-order valence-corrected chi connectivity index (χ0v) is 8.95. The molecule has 1 aliphatic heterocycles. The van der Waals surface area contributed by atoms with E-state index in [4.69, 9.17) is 15.3 Å². The second kappa shape index (κ2) is 4.42. The summed E-state index contributed by atoms with van der Waals surface area (Å²) >= 11 is 0. The molecule has 2 heterocycles. The average Bonchev–Trinajstić information content (AvgIpc) is 2.80. The van der Waals surface area contributed by atoms with Gasteiger partial charge in [-0.05, 0) is 18.2 Å². The van der Waals surface area contributed by atoms with Crippen LogP contribution in [-0.4, -0.2) is 40.5 Å². The number of nitrogens with two attached hydrogens (primary N) is 1. The maximum atomic E-state index is 11.3. The number of carbonyl (C=O) groups is 2. The van der Waals surface area contributed by atoms with Gasteiger partial charge in [0.25, 0.3) is 0 Å². The summed E-state index contributed by atoms with van der Waals surface area (Å²) < 4.78 is 5.08. The van der Waals surface area contributed by atoms with Crippen LogP contribution in [0, 0.1) is 0 Å². The van der Waals surface area contributed by atoms with E-state index < -0.39 is 12.0 Å². The molecule has 6 heteroatoms. The Labute approximate surface area is 97.3 Å². The van der Waals surface area contributed by atoms with Crippen LogP contribution >= 0.6 is 0 Å². The standard InChI is InChI=1S/C11H12N2O4/c12-10-8(4-3-7-2-1-5-17-7)13(11(10)16)6-9(14)15/h1-5,8,10H,6,12H2,(H,14,15)/b4-3+/t8?,10-/m1/s1. The fourth-order valence-electron chi connectivity index (χ4n) is 1.73. The fraction of sp³-hybridized carbons (Fsp3) is 0.273. The van der Waals surface area contributed by atoms with E-state index in [1.165, 1.54) is 11.2 Å². The van der Waals surface area contributed by atoms with Crippen molar-refractivity contribution in [2.45, 2.75) is 12.1 Å². The molecule has 0 aliphatic carbocycles. The lowest BCUT2D eigenvalue weighted by Gasteiger charge is -2.42. The molecule has 17 heavy (non-hydrogen) atoms. The molecule has 1 saturated heterocycles. The number of aliphatic carboxylic acids is 1. The predicted octanol–water partition coefficient (Wildman–Crippen LogP) is -0.0845. The molecule has 1 amide bonds. The minimum atomic E-state index is -1.05. The van der Waals surface area contributed by atoms with Gasteiger partial charge in [0.15, 0.2) is 0 Å².